The van der Waals surface area contributed by atoms with Crippen LogP contribution in [0.4, 0.5) is 18.9 Å². The summed E-state index contributed by atoms with van der Waals surface area (Å²) in [6.07, 6.45) is 1.01. The van der Waals surface area contributed by atoms with Gasteiger partial charge in [0.05, 0.1) is 11.8 Å². The van der Waals surface area contributed by atoms with Crippen molar-refractivity contribution in [3.63, 3.8) is 0 Å². The fraction of sp³-hybridized carbons (Fsp3) is 0.450. The third kappa shape index (κ3) is 3.73. The number of carbonyl (C=O) groups excluding carboxylic acids is 3. The molecule has 0 bridgehead atoms. The number of alkyl halides is 3. The zero-order valence-electron chi connectivity index (χ0n) is 15.4. The van der Waals surface area contributed by atoms with E-state index in [1.54, 1.807) is 0 Å². The Morgan fingerprint density at radius 3 is 2.38 bits per heavy atom. The third-order valence-corrected chi connectivity index (χ3v) is 5.60. The molecule has 1 saturated heterocycles. The van der Waals surface area contributed by atoms with Crippen LogP contribution in [0.3, 0.4) is 0 Å². The first-order valence-corrected chi connectivity index (χ1v) is 9.44. The van der Waals surface area contributed by atoms with Crippen molar-refractivity contribution in [3.05, 3.63) is 35.9 Å². The number of ether oxygens (including phenoxy) is 1. The smallest absolute Gasteiger partial charge is 0.406 e. The Bertz CT molecular complexity index is 870. The molecule has 0 saturated carbocycles. The van der Waals surface area contributed by atoms with Crippen molar-refractivity contribution >= 4 is 23.4 Å². The number of nitrogens with zero attached hydrogens (tertiary/aromatic N) is 2. The van der Waals surface area contributed by atoms with Gasteiger partial charge in [-0.2, -0.15) is 0 Å². The van der Waals surface area contributed by atoms with E-state index in [9.17, 15) is 27.6 Å². The fourth-order valence-electron chi connectivity index (χ4n) is 4.28. The van der Waals surface area contributed by atoms with E-state index in [0.717, 1.165) is 11.0 Å². The number of likely N-dealkylation sites (tertiary alicyclic amines) is 1. The number of halogens is 3. The zero-order chi connectivity index (χ0) is 20.8. The van der Waals surface area contributed by atoms with Crippen LogP contribution in [-0.2, 0) is 20.8 Å². The quantitative estimate of drug-likeness (QED) is 0.570. The lowest BCUT2D eigenvalue weighted by Gasteiger charge is -2.31. The van der Waals surface area contributed by atoms with Gasteiger partial charge < -0.3 is 9.64 Å². The molecule has 0 aromatic heterocycles. The number of fused-ring (bicyclic) bond motifs is 2. The minimum Gasteiger partial charge on any atom is -0.406 e. The van der Waals surface area contributed by atoms with Gasteiger partial charge in [-0.15, -0.1) is 13.2 Å². The Labute approximate surface area is 164 Å². The molecule has 2 aliphatic heterocycles. The summed E-state index contributed by atoms with van der Waals surface area (Å²) in [4.78, 5) is 40.5. The van der Waals surface area contributed by atoms with Crippen LogP contribution in [0, 0.1) is 11.8 Å². The number of amides is 3. The van der Waals surface area contributed by atoms with Crippen molar-refractivity contribution in [1.82, 2.24) is 4.90 Å². The second kappa shape index (κ2) is 7.20. The van der Waals surface area contributed by atoms with Crippen LogP contribution in [-0.4, -0.2) is 42.1 Å². The average Bonchev–Trinajstić information content (AvgIpc) is 2.91. The summed E-state index contributed by atoms with van der Waals surface area (Å²) >= 11 is 0. The number of benzene rings is 1. The SMILES string of the molecule is O=C1[C@@H]2CC=CC[C@H]2C(=O)N1CC(=O)N1CCCc2cc(OC(F)(F)F)ccc21. The maximum absolute atomic E-state index is 12.9. The van der Waals surface area contributed by atoms with Crippen LogP contribution >= 0.6 is 0 Å². The van der Waals surface area contributed by atoms with E-state index >= 15 is 0 Å². The van der Waals surface area contributed by atoms with Crippen molar-refractivity contribution < 1.29 is 32.3 Å². The van der Waals surface area contributed by atoms with Crippen molar-refractivity contribution in [1.29, 1.82) is 0 Å². The molecule has 1 fully saturated rings. The average molecular weight is 408 g/mol. The van der Waals surface area contributed by atoms with Crippen molar-refractivity contribution in [2.24, 2.45) is 11.8 Å². The molecule has 0 spiro atoms. The summed E-state index contributed by atoms with van der Waals surface area (Å²) in [6, 6.07) is 3.84. The second-order valence-corrected chi connectivity index (χ2v) is 7.41. The van der Waals surface area contributed by atoms with Crippen LogP contribution in [0.2, 0.25) is 0 Å². The molecular formula is C20H19F3N2O4. The number of aryl methyl sites for hydroxylation is 1. The number of hydrogen-bond acceptors (Lipinski definition) is 4. The highest BCUT2D eigenvalue weighted by Crippen LogP contribution is 2.36. The molecule has 1 aromatic carbocycles. The second-order valence-electron chi connectivity index (χ2n) is 7.41. The zero-order valence-corrected chi connectivity index (χ0v) is 15.4. The van der Waals surface area contributed by atoms with Crippen LogP contribution in [0.15, 0.2) is 30.4 Å². The normalized spacial score (nSPS) is 23.8. The van der Waals surface area contributed by atoms with E-state index in [1.165, 1.54) is 17.0 Å². The molecule has 2 heterocycles. The summed E-state index contributed by atoms with van der Waals surface area (Å²) < 4.78 is 41.3. The molecule has 3 amide bonds. The van der Waals surface area contributed by atoms with E-state index in [2.05, 4.69) is 4.74 Å². The van der Waals surface area contributed by atoms with E-state index in [4.69, 9.17) is 0 Å². The molecule has 3 aliphatic rings. The topological polar surface area (TPSA) is 66.9 Å². The van der Waals surface area contributed by atoms with Gasteiger partial charge in [-0.1, -0.05) is 12.2 Å². The lowest BCUT2D eigenvalue weighted by Crippen LogP contribution is -2.45. The molecule has 1 aliphatic carbocycles. The Morgan fingerprint density at radius 1 is 1.10 bits per heavy atom. The highest BCUT2D eigenvalue weighted by atomic mass is 19.4. The van der Waals surface area contributed by atoms with Crippen LogP contribution in [0.1, 0.15) is 24.8 Å². The lowest BCUT2D eigenvalue weighted by atomic mass is 9.85. The number of anilines is 1. The maximum Gasteiger partial charge on any atom is 0.573 e. The largest absolute Gasteiger partial charge is 0.573 e. The van der Waals surface area contributed by atoms with Crippen LogP contribution < -0.4 is 9.64 Å². The summed E-state index contributed by atoms with van der Waals surface area (Å²) in [7, 11) is 0. The van der Waals surface area contributed by atoms with Gasteiger partial charge in [0.25, 0.3) is 0 Å². The van der Waals surface area contributed by atoms with Gasteiger partial charge in [-0.05, 0) is 49.4 Å². The highest BCUT2D eigenvalue weighted by Gasteiger charge is 2.48. The predicted octanol–water partition coefficient (Wildman–Crippen LogP) is 2.82. The summed E-state index contributed by atoms with van der Waals surface area (Å²) in [5.41, 5.74) is 1.04. The van der Waals surface area contributed by atoms with E-state index in [1.807, 2.05) is 12.2 Å². The minimum absolute atomic E-state index is 0.330. The standard InChI is InChI=1S/C20H19F3N2O4/c21-20(22,23)29-13-7-8-16-12(10-13)4-3-9-24(16)17(26)11-25-18(27)14-5-1-2-6-15(14)19(25)28/h1-2,7-8,10,14-15H,3-6,9,11H2/t14-,15-/m1/s1. The summed E-state index contributed by atoms with van der Waals surface area (Å²) in [5.74, 6) is -2.24. The van der Waals surface area contributed by atoms with Gasteiger partial charge in [-0.3, -0.25) is 19.3 Å². The number of carbonyl (C=O) groups is 3. The fourth-order valence-corrected chi connectivity index (χ4v) is 4.28. The van der Waals surface area contributed by atoms with Gasteiger partial charge in [0, 0.05) is 12.2 Å². The first kappa shape index (κ1) is 19.5. The molecule has 9 heteroatoms. The van der Waals surface area contributed by atoms with Crippen molar-refractivity contribution in [2.75, 3.05) is 18.0 Å². The first-order valence-electron chi connectivity index (χ1n) is 9.44. The third-order valence-electron chi connectivity index (χ3n) is 5.60. The maximum atomic E-state index is 12.9. The molecule has 2 atom stereocenters. The molecule has 6 nitrogen and oxygen atoms in total. The van der Waals surface area contributed by atoms with Crippen molar-refractivity contribution in [2.45, 2.75) is 32.0 Å². The van der Waals surface area contributed by atoms with Crippen molar-refractivity contribution in [3.8, 4) is 5.75 Å². The summed E-state index contributed by atoms with van der Waals surface area (Å²) in [6.45, 7) is 0.0147. The minimum atomic E-state index is -4.79. The lowest BCUT2D eigenvalue weighted by molar-refractivity contribution is -0.274. The molecule has 29 heavy (non-hydrogen) atoms. The Balaban J connectivity index is 1.51. The van der Waals surface area contributed by atoms with Gasteiger partial charge in [-0.25, -0.2) is 0 Å². The number of imide groups is 1. The van der Waals surface area contributed by atoms with Gasteiger partial charge in [0.1, 0.15) is 12.3 Å². The molecule has 0 radical (unpaired) electrons. The van der Waals surface area contributed by atoms with Crippen LogP contribution in [0.5, 0.6) is 5.75 Å². The van der Waals surface area contributed by atoms with E-state index in [0.29, 0.717) is 43.5 Å². The monoisotopic (exact) mass is 408 g/mol. The van der Waals surface area contributed by atoms with E-state index in [-0.39, 0.29) is 24.1 Å². The molecule has 154 valence electrons. The Hall–Kier alpha value is -2.84. The van der Waals surface area contributed by atoms with Gasteiger partial charge >= 0.3 is 6.36 Å². The Morgan fingerprint density at radius 2 is 1.76 bits per heavy atom. The predicted molar refractivity (Wildman–Crippen MR) is 95.9 cm³/mol. The van der Waals surface area contributed by atoms with Gasteiger partial charge in [0.15, 0.2) is 0 Å². The van der Waals surface area contributed by atoms with Crippen LogP contribution in [0.25, 0.3) is 0 Å². The van der Waals surface area contributed by atoms with E-state index < -0.39 is 24.1 Å². The summed E-state index contributed by atoms with van der Waals surface area (Å²) in [5, 5.41) is 0. The first-order chi connectivity index (χ1) is 13.7. The molecule has 0 N–H and O–H groups in total. The molecule has 1 aromatic rings. The molecule has 4 rings (SSSR count). The molecule has 0 unspecified atom stereocenters. The Kier molecular flexibility index (Phi) is 4.84. The number of allylic oxidation sites excluding steroid dienone is 2. The highest BCUT2D eigenvalue weighted by molar-refractivity contribution is 6.09. The molecular weight excluding hydrogens is 389 g/mol. The number of hydrogen-bond donors (Lipinski definition) is 0. The van der Waals surface area contributed by atoms with Gasteiger partial charge in [0.2, 0.25) is 17.7 Å². The number of rotatable bonds is 3.